The number of aryl methyl sites for hydroxylation is 2. The van der Waals surface area contributed by atoms with Crippen LogP contribution in [0.5, 0.6) is 0 Å². The first-order valence-electron chi connectivity index (χ1n) is 7.36. The summed E-state index contributed by atoms with van der Waals surface area (Å²) in [6.45, 7) is 4.83. The summed E-state index contributed by atoms with van der Waals surface area (Å²) in [6.07, 6.45) is 5.74. The second-order valence-corrected chi connectivity index (χ2v) is 5.05. The monoisotopic (exact) mass is 286 g/mol. The van der Waals surface area contributed by atoms with E-state index in [-0.39, 0.29) is 5.56 Å². The first-order chi connectivity index (χ1) is 10.2. The first kappa shape index (κ1) is 13.7. The molecular formula is C14H18N6O. The minimum atomic E-state index is -0.119. The molecule has 3 rings (SSSR count). The van der Waals surface area contributed by atoms with Crippen LogP contribution in [0.25, 0.3) is 16.8 Å². The highest BCUT2D eigenvalue weighted by Gasteiger charge is 2.11. The Morgan fingerprint density at radius 3 is 2.81 bits per heavy atom. The van der Waals surface area contributed by atoms with Crippen molar-refractivity contribution in [1.29, 1.82) is 0 Å². The van der Waals surface area contributed by atoms with Crippen molar-refractivity contribution in [3.05, 3.63) is 28.4 Å². The maximum absolute atomic E-state index is 12.4. The summed E-state index contributed by atoms with van der Waals surface area (Å²) < 4.78 is 3.29. The van der Waals surface area contributed by atoms with Crippen LogP contribution < -0.4 is 5.56 Å². The lowest BCUT2D eigenvalue weighted by Crippen LogP contribution is -2.21. The molecule has 0 radical (unpaired) electrons. The zero-order chi connectivity index (χ0) is 14.8. The quantitative estimate of drug-likeness (QED) is 0.665. The third-order valence-corrected chi connectivity index (χ3v) is 3.54. The molecule has 0 bridgehead atoms. The van der Waals surface area contributed by atoms with E-state index in [9.17, 15) is 4.79 Å². The van der Waals surface area contributed by atoms with Gasteiger partial charge in [-0.2, -0.15) is 9.50 Å². The molecule has 0 aliphatic heterocycles. The van der Waals surface area contributed by atoms with Gasteiger partial charge in [0.15, 0.2) is 11.3 Å². The van der Waals surface area contributed by atoms with E-state index in [1.165, 1.54) is 0 Å². The van der Waals surface area contributed by atoms with Crippen LogP contribution in [0.1, 0.15) is 38.9 Å². The van der Waals surface area contributed by atoms with Gasteiger partial charge in [-0.25, -0.2) is 0 Å². The second kappa shape index (κ2) is 5.59. The lowest BCUT2D eigenvalue weighted by Gasteiger charge is -2.06. The molecule has 7 nitrogen and oxygen atoms in total. The van der Waals surface area contributed by atoms with E-state index in [4.69, 9.17) is 0 Å². The minimum absolute atomic E-state index is 0.119. The summed E-state index contributed by atoms with van der Waals surface area (Å²) in [7, 11) is 0. The van der Waals surface area contributed by atoms with Crippen molar-refractivity contribution in [2.24, 2.45) is 0 Å². The van der Waals surface area contributed by atoms with Crippen molar-refractivity contribution < 1.29 is 0 Å². The third kappa shape index (κ3) is 2.39. The van der Waals surface area contributed by atoms with Gasteiger partial charge in [0, 0.05) is 19.2 Å². The molecule has 0 saturated carbocycles. The topological polar surface area (TPSA) is 78.0 Å². The third-order valence-electron chi connectivity index (χ3n) is 3.54. The van der Waals surface area contributed by atoms with Crippen LogP contribution >= 0.6 is 0 Å². The van der Waals surface area contributed by atoms with Gasteiger partial charge in [-0.1, -0.05) is 26.7 Å². The van der Waals surface area contributed by atoms with Gasteiger partial charge in [-0.05, 0) is 12.5 Å². The molecule has 0 N–H and O–H groups in total. The smallest absolute Gasteiger partial charge is 0.280 e. The summed E-state index contributed by atoms with van der Waals surface area (Å²) in [5.74, 6) is 1.13. The molecule has 110 valence electrons. The number of hydrogen-bond acceptors (Lipinski definition) is 5. The van der Waals surface area contributed by atoms with E-state index in [0.29, 0.717) is 29.2 Å². The van der Waals surface area contributed by atoms with Gasteiger partial charge in [0.05, 0.1) is 0 Å². The Bertz CT molecular complexity index is 834. The molecule has 0 unspecified atom stereocenters. The average Bonchev–Trinajstić information content (AvgIpc) is 2.93. The molecule has 3 aromatic heterocycles. The average molecular weight is 286 g/mol. The lowest BCUT2D eigenvalue weighted by molar-refractivity contribution is 0.589. The number of nitrogens with zero attached hydrogens (tertiary/aromatic N) is 6. The molecule has 0 aliphatic carbocycles. The van der Waals surface area contributed by atoms with Gasteiger partial charge >= 0.3 is 0 Å². The second-order valence-electron chi connectivity index (χ2n) is 5.05. The number of aromatic nitrogens is 6. The minimum Gasteiger partial charge on any atom is -0.313 e. The fraction of sp³-hybridized carbons (Fsp3) is 0.500. The zero-order valence-corrected chi connectivity index (χ0v) is 12.3. The van der Waals surface area contributed by atoms with Crippen LogP contribution in [-0.4, -0.2) is 29.4 Å². The molecular weight excluding hydrogens is 268 g/mol. The van der Waals surface area contributed by atoms with Crippen molar-refractivity contribution in [1.82, 2.24) is 29.4 Å². The van der Waals surface area contributed by atoms with Crippen LogP contribution in [0.3, 0.4) is 0 Å². The van der Waals surface area contributed by atoms with E-state index in [1.54, 1.807) is 15.3 Å². The standard InChI is InChI=1S/C14H18N6O/c1-3-5-6-8-19-9-7-10-12(13(19)21)16-17-14-15-11(4-2)18-20(10)14/h7,9H,3-6,8H2,1-2H3. The normalized spacial score (nSPS) is 11.5. The van der Waals surface area contributed by atoms with Crippen LogP contribution in [0.4, 0.5) is 0 Å². The van der Waals surface area contributed by atoms with Gasteiger partial charge in [0.25, 0.3) is 11.3 Å². The summed E-state index contributed by atoms with van der Waals surface area (Å²) in [4.78, 5) is 16.7. The Kier molecular flexibility index (Phi) is 3.64. The molecule has 7 heteroatoms. The predicted molar refractivity (Wildman–Crippen MR) is 79.2 cm³/mol. The number of rotatable bonds is 5. The van der Waals surface area contributed by atoms with E-state index < -0.39 is 0 Å². The predicted octanol–water partition coefficient (Wildman–Crippen LogP) is 1.59. The fourth-order valence-corrected chi connectivity index (χ4v) is 2.34. The molecule has 0 amide bonds. The first-order valence-corrected chi connectivity index (χ1v) is 7.36. The van der Waals surface area contributed by atoms with E-state index >= 15 is 0 Å². The summed E-state index contributed by atoms with van der Waals surface area (Å²) in [5, 5.41) is 12.4. The van der Waals surface area contributed by atoms with Crippen molar-refractivity contribution in [2.75, 3.05) is 0 Å². The van der Waals surface area contributed by atoms with Gasteiger partial charge in [0.1, 0.15) is 5.52 Å². The van der Waals surface area contributed by atoms with Crippen molar-refractivity contribution in [3.8, 4) is 0 Å². The zero-order valence-electron chi connectivity index (χ0n) is 12.3. The molecule has 21 heavy (non-hydrogen) atoms. The summed E-state index contributed by atoms with van der Waals surface area (Å²) in [5.41, 5.74) is 0.879. The van der Waals surface area contributed by atoms with Crippen molar-refractivity contribution in [3.63, 3.8) is 0 Å². The molecule has 0 aromatic carbocycles. The van der Waals surface area contributed by atoms with Gasteiger partial charge < -0.3 is 4.57 Å². The Hall–Kier alpha value is -2.31. The largest absolute Gasteiger partial charge is 0.313 e. The SMILES string of the molecule is CCCCCn1ccc2c(nnc3nc(CC)nn32)c1=O. The van der Waals surface area contributed by atoms with Crippen molar-refractivity contribution in [2.45, 2.75) is 46.1 Å². The van der Waals surface area contributed by atoms with Gasteiger partial charge in [-0.3, -0.25) is 4.79 Å². The molecule has 0 saturated heterocycles. The van der Waals surface area contributed by atoms with E-state index in [0.717, 1.165) is 25.7 Å². The Morgan fingerprint density at radius 2 is 2.05 bits per heavy atom. The van der Waals surface area contributed by atoms with Gasteiger partial charge in [0.2, 0.25) is 0 Å². The van der Waals surface area contributed by atoms with E-state index in [2.05, 4.69) is 27.2 Å². The van der Waals surface area contributed by atoms with Crippen LogP contribution in [0.15, 0.2) is 17.1 Å². The molecule has 0 atom stereocenters. The Labute approximate surface area is 121 Å². The highest BCUT2D eigenvalue weighted by molar-refractivity contribution is 5.74. The van der Waals surface area contributed by atoms with Crippen LogP contribution in [0.2, 0.25) is 0 Å². The Morgan fingerprint density at radius 1 is 1.19 bits per heavy atom. The van der Waals surface area contributed by atoms with E-state index in [1.807, 2.05) is 13.0 Å². The number of pyridine rings is 1. The van der Waals surface area contributed by atoms with Crippen LogP contribution in [0, 0.1) is 0 Å². The molecule has 3 heterocycles. The molecule has 0 aliphatic rings. The highest BCUT2D eigenvalue weighted by atomic mass is 16.1. The number of hydrogen-bond donors (Lipinski definition) is 0. The maximum atomic E-state index is 12.4. The van der Waals surface area contributed by atoms with Gasteiger partial charge in [-0.15, -0.1) is 15.3 Å². The summed E-state index contributed by atoms with van der Waals surface area (Å²) in [6, 6.07) is 1.86. The number of unbranched alkanes of at least 4 members (excludes halogenated alkanes) is 2. The lowest BCUT2D eigenvalue weighted by atomic mass is 10.2. The van der Waals surface area contributed by atoms with Crippen LogP contribution in [-0.2, 0) is 13.0 Å². The fourth-order valence-electron chi connectivity index (χ4n) is 2.34. The molecule has 3 aromatic rings. The molecule has 0 fully saturated rings. The highest BCUT2D eigenvalue weighted by Crippen LogP contribution is 2.08. The number of fused-ring (bicyclic) bond motifs is 3. The van der Waals surface area contributed by atoms with Crippen molar-refractivity contribution >= 4 is 16.8 Å². The maximum Gasteiger partial charge on any atom is 0.280 e. The summed E-state index contributed by atoms with van der Waals surface area (Å²) >= 11 is 0. The molecule has 0 spiro atoms. The Balaban J connectivity index is 2.11.